The van der Waals surface area contributed by atoms with Gasteiger partial charge in [-0.25, -0.2) is 4.98 Å². The molecule has 1 fully saturated rings. The van der Waals surface area contributed by atoms with Crippen molar-refractivity contribution in [3.8, 4) is 0 Å². The molecule has 1 N–H and O–H groups in total. The third kappa shape index (κ3) is 1.62. The average Bonchev–Trinajstić information content (AvgIpc) is 2.83. The molecule has 5 heteroatoms. The Kier molecular flexibility index (Phi) is 2.23. The molecular formula is C11H15N5. The van der Waals surface area contributed by atoms with Gasteiger partial charge >= 0.3 is 0 Å². The van der Waals surface area contributed by atoms with Crippen molar-refractivity contribution in [2.75, 3.05) is 5.32 Å². The molecule has 1 saturated carbocycles. The fourth-order valence-corrected chi connectivity index (χ4v) is 2.15. The summed E-state index contributed by atoms with van der Waals surface area (Å²) in [6.45, 7) is 2.23. The molecule has 0 spiro atoms. The maximum absolute atomic E-state index is 4.32. The van der Waals surface area contributed by atoms with Gasteiger partial charge in [-0.2, -0.15) is 0 Å². The van der Waals surface area contributed by atoms with Crippen LogP contribution in [0.5, 0.6) is 0 Å². The number of nitrogens with one attached hydrogen (secondary N) is 1. The van der Waals surface area contributed by atoms with E-state index < -0.39 is 0 Å². The number of rotatable bonds is 4. The molecule has 0 aromatic carbocycles. The van der Waals surface area contributed by atoms with E-state index in [-0.39, 0.29) is 0 Å². The van der Waals surface area contributed by atoms with Crippen molar-refractivity contribution in [2.24, 2.45) is 5.92 Å². The topological polar surface area (TPSA) is 55.1 Å². The molecule has 0 bridgehead atoms. The number of nitrogens with zero attached hydrogens (tertiary/aromatic N) is 4. The van der Waals surface area contributed by atoms with Gasteiger partial charge in [0.1, 0.15) is 6.33 Å². The van der Waals surface area contributed by atoms with Crippen LogP contribution in [0.3, 0.4) is 0 Å². The third-order valence-electron chi connectivity index (χ3n) is 3.12. The van der Waals surface area contributed by atoms with E-state index in [0.29, 0.717) is 6.04 Å². The van der Waals surface area contributed by atoms with Gasteiger partial charge < -0.3 is 5.32 Å². The molecule has 0 saturated heterocycles. The van der Waals surface area contributed by atoms with Crippen LogP contribution in [0.4, 0.5) is 5.82 Å². The van der Waals surface area contributed by atoms with Crippen molar-refractivity contribution in [3.05, 3.63) is 18.7 Å². The Morgan fingerprint density at radius 2 is 2.50 bits per heavy atom. The van der Waals surface area contributed by atoms with Gasteiger partial charge in [0.25, 0.3) is 0 Å². The normalized spacial score (nSPS) is 23.6. The van der Waals surface area contributed by atoms with Crippen LogP contribution >= 0.6 is 0 Å². The predicted molar refractivity (Wildman–Crippen MR) is 61.2 cm³/mol. The first kappa shape index (κ1) is 9.57. The van der Waals surface area contributed by atoms with Gasteiger partial charge in [-0.05, 0) is 18.8 Å². The molecule has 3 rings (SSSR count). The van der Waals surface area contributed by atoms with Crippen LogP contribution in [0.1, 0.15) is 26.2 Å². The summed E-state index contributed by atoms with van der Waals surface area (Å²) in [6.07, 6.45) is 9.13. The predicted octanol–water partition coefficient (Wildman–Crippen LogP) is 1.72. The maximum Gasteiger partial charge on any atom is 0.203 e. The highest BCUT2D eigenvalue weighted by atomic mass is 15.2. The quantitative estimate of drug-likeness (QED) is 0.847. The lowest BCUT2D eigenvalue weighted by atomic mass is 10.2. The average molecular weight is 217 g/mol. The molecule has 2 unspecified atom stereocenters. The van der Waals surface area contributed by atoms with Crippen molar-refractivity contribution in [3.63, 3.8) is 0 Å². The van der Waals surface area contributed by atoms with E-state index in [0.717, 1.165) is 17.4 Å². The first-order valence-electron chi connectivity index (χ1n) is 5.79. The summed E-state index contributed by atoms with van der Waals surface area (Å²) in [5.41, 5.74) is 0.810. The molecule has 0 aliphatic heterocycles. The van der Waals surface area contributed by atoms with Crippen molar-refractivity contribution in [2.45, 2.75) is 32.2 Å². The molecule has 2 heterocycles. The second-order valence-electron chi connectivity index (χ2n) is 4.37. The van der Waals surface area contributed by atoms with Gasteiger partial charge in [0, 0.05) is 18.4 Å². The number of anilines is 1. The largest absolute Gasteiger partial charge is 0.364 e. The molecule has 1 aliphatic rings. The lowest BCUT2D eigenvalue weighted by Crippen LogP contribution is -2.07. The minimum atomic E-state index is 0.579. The molecule has 2 atom stereocenters. The molecule has 16 heavy (non-hydrogen) atoms. The number of aromatic nitrogens is 4. The zero-order valence-electron chi connectivity index (χ0n) is 9.30. The Bertz CT molecular complexity index is 492. The number of hydrogen-bond donors (Lipinski definition) is 1. The van der Waals surface area contributed by atoms with Crippen LogP contribution in [0, 0.1) is 5.92 Å². The van der Waals surface area contributed by atoms with Crippen molar-refractivity contribution >= 4 is 11.5 Å². The van der Waals surface area contributed by atoms with Gasteiger partial charge in [-0.15, -0.1) is 10.2 Å². The van der Waals surface area contributed by atoms with Crippen LogP contribution < -0.4 is 5.32 Å². The minimum Gasteiger partial charge on any atom is -0.364 e. The van der Waals surface area contributed by atoms with Crippen LogP contribution in [0.15, 0.2) is 18.7 Å². The molecule has 0 radical (unpaired) electrons. The summed E-state index contributed by atoms with van der Waals surface area (Å²) >= 11 is 0. The van der Waals surface area contributed by atoms with E-state index in [4.69, 9.17) is 0 Å². The zero-order valence-corrected chi connectivity index (χ0v) is 9.30. The van der Waals surface area contributed by atoms with Crippen LogP contribution in [-0.2, 0) is 0 Å². The molecular weight excluding hydrogens is 202 g/mol. The Labute approximate surface area is 93.9 Å². The standard InChI is InChI=1S/C11H15N5/c1-2-3-8-6-9(8)14-10-11-15-13-7-16(11)5-4-12-10/h4-5,7-9H,2-3,6H2,1H3,(H,12,14). The number of hydrogen-bond acceptors (Lipinski definition) is 4. The highest BCUT2D eigenvalue weighted by Crippen LogP contribution is 2.37. The van der Waals surface area contributed by atoms with Crippen molar-refractivity contribution < 1.29 is 0 Å². The van der Waals surface area contributed by atoms with Crippen molar-refractivity contribution in [1.29, 1.82) is 0 Å². The summed E-state index contributed by atoms with van der Waals surface area (Å²) < 4.78 is 1.88. The highest BCUT2D eigenvalue weighted by Gasteiger charge is 2.36. The first-order chi connectivity index (χ1) is 7.88. The van der Waals surface area contributed by atoms with E-state index in [1.165, 1.54) is 19.3 Å². The Morgan fingerprint density at radius 3 is 3.38 bits per heavy atom. The van der Waals surface area contributed by atoms with Crippen LogP contribution in [0.2, 0.25) is 0 Å². The Morgan fingerprint density at radius 1 is 1.56 bits per heavy atom. The monoisotopic (exact) mass is 217 g/mol. The molecule has 2 aromatic rings. The van der Waals surface area contributed by atoms with E-state index in [1.807, 2.05) is 10.6 Å². The first-order valence-corrected chi connectivity index (χ1v) is 5.79. The van der Waals surface area contributed by atoms with Gasteiger partial charge in [0.05, 0.1) is 0 Å². The zero-order chi connectivity index (χ0) is 11.0. The van der Waals surface area contributed by atoms with Gasteiger partial charge in [-0.1, -0.05) is 13.3 Å². The summed E-state index contributed by atoms with van der Waals surface area (Å²) in [4.78, 5) is 4.32. The van der Waals surface area contributed by atoms with Gasteiger partial charge in [0.2, 0.25) is 5.65 Å². The summed E-state index contributed by atoms with van der Waals surface area (Å²) in [6, 6.07) is 0.579. The lowest BCUT2D eigenvalue weighted by molar-refractivity contribution is 0.692. The SMILES string of the molecule is CCCC1CC1Nc1nccn2cnnc12. The van der Waals surface area contributed by atoms with E-state index >= 15 is 0 Å². The van der Waals surface area contributed by atoms with E-state index in [2.05, 4.69) is 27.4 Å². The molecule has 84 valence electrons. The fraction of sp³-hybridized carbons (Fsp3) is 0.545. The van der Waals surface area contributed by atoms with Crippen LogP contribution in [0.25, 0.3) is 5.65 Å². The lowest BCUT2D eigenvalue weighted by Gasteiger charge is -2.04. The summed E-state index contributed by atoms with van der Waals surface area (Å²) in [5.74, 6) is 1.67. The van der Waals surface area contributed by atoms with Gasteiger partial charge in [-0.3, -0.25) is 4.40 Å². The molecule has 0 amide bonds. The minimum absolute atomic E-state index is 0.579. The third-order valence-corrected chi connectivity index (χ3v) is 3.12. The summed E-state index contributed by atoms with van der Waals surface area (Å²) in [5, 5.41) is 11.4. The maximum atomic E-state index is 4.32. The second kappa shape index (κ2) is 3.73. The van der Waals surface area contributed by atoms with E-state index in [1.54, 1.807) is 12.5 Å². The van der Waals surface area contributed by atoms with E-state index in [9.17, 15) is 0 Å². The fourth-order valence-electron chi connectivity index (χ4n) is 2.15. The molecule has 2 aromatic heterocycles. The Balaban J connectivity index is 1.77. The smallest absolute Gasteiger partial charge is 0.203 e. The Hall–Kier alpha value is -1.65. The van der Waals surface area contributed by atoms with Crippen LogP contribution in [-0.4, -0.2) is 25.6 Å². The second-order valence-corrected chi connectivity index (χ2v) is 4.37. The molecule has 1 aliphatic carbocycles. The molecule has 5 nitrogen and oxygen atoms in total. The number of fused-ring (bicyclic) bond motifs is 1. The summed E-state index contributed by atoms with van der Waals surface area (Å²) in [7, 11) is 0. The van der Waals surface area contributed by atoms with Crippen molar-refractivity contribution in [1.82, 2.24) is 19.6 Å². The van der Waals surface area contributed by atoms with Gasteiger partial charge in [0.15, 0.2) is 5.82 Å². The highest BCUT2D eigenvalue weighted by molar-refractivity contribution is 5.62.